The van der Waals surface area contributed by atoms with Crippen LogP contribution in [0.1, 0.15) is 33.5 Å². The predicted molar refractivity (Wildman–Crippen MR) is 81.8 cm³/mol. The summed E-state index contributed by atoms with van der Waals surface area (Å²) in [6.45, 7) is 11.0. The van der Waals surface area contributed by atoms with Gasteiger partial charge >= 0.3 is 0 Å². The summed E-state index contributed by atoms with van der Waals surface area (Å²) in [5, 5.41) is 0. The Morgan fingerprint density at radius 1 is 1.00 bits per heavy atom. The van der Waals surface area contributed by atoms with Crippen LogP contribution in [0.3, 0.4) is 0 Å². The Morgan fingerprint density at radius 2 is 1.53 bits per heavy atom. The van der Waals surface area contributed by atoms with Crippen LogP contribution in [0.2, 0.25) is 0 Å². The van der Waals surface area contributed by atoms with Crippen LogP contribution < -0.4 is 11.5 Å². The van der Waals surface area contributed by atoms with Crippen LogP contribution in [0.5, 0.6) is 0 Å². The van der Waals surface area contributed by atoms with E-state index in [1.165, 1.54) is 33.6 Å². The van der Waals surface area contributed by atoms with E-state index in [1.807, 2.05) is 0 Å². The van der Waals surface area contributed by atoms with Crippen molar-refractivity contribution in [1.82, 2.24) is 4.57 Å². The van der Waals surface area contributed by atoms with Crippen LogP contribution in [0.4, 0.5) is 5.82 Å². The number of aryl methyl sites for hydroxylation is 3. The molecule has 19 heavy (non-hydrogen) atoms. The lowest BCUT2D eigenvalue weighted by atomic mass is 10.0. The molecule has 4 N–H and O–H groups in total. The summed E-state index contributed by atoms with van der Waals surface area (Å²) in [7, 11) is 0. The Bertz CT molecular complexity index is 613. The zero-order chi connectivity index (χ0) is 14.3. The maximum Gasteiger partial charge on any atom is 0.112 e. The van der Waals surface area contributed by atoms with Crippen LogP contribution in [0.15, 0.2) is 12.1 Å². The first-order valence-corrected chi connectivity index (χ1v) is 6.63. The lowest BCUT2D eigenvalue weighted by molar-refractivity contribution is 0.984. The van der Waals surface area contributed by atoms with Gasteiger partial charge in [0.25, 0.3) is 0 Å². The van der Waals surface area contributed by atoms with Crippen LogP contribution in [0, 0.1) is 34.6 Å². The van der Waals surface area contributed by atoms with Crippen molar-refractivity contribution in [1.29, 1.82) is 0 Å². The van der Waals surface area contributed by atoms with Gasteiger partial charge in [-0.05, 0) is 51.3 Å². The Balaban J connectivity index is 2.80. The number of hydrogen-bond donors (Lipinski definition) is 2. The van der Waals surface area contributed by atoms with Crippen molar-refractivity contribution < 1.29 is 0 Å². The summed E-state index contributed by atoms with van der Waals surface area (Å²) in [6, 6.07) is 4.39. The number of nitrogens with two attached hydrogens (primary N) is 2. The van der Waals surface area contributed by atoms with E-state index in [0.717, 1.165) is 11.4 Å². The molecule has 3 nitrogen and oxygen atoms in total. The van der Waals surface area contributed by atoms with Gasteiger partial charge in [0, 0.05) is 17.8 Å². The Hall–Kier alpha value is -1.74. The van der Waals surface area contributed by atoms with E-state index in [2.05, 4.69) is 51.3 Å². The van der Waals surface area contributed by atoms with E-state index in [9.17, 15) is 0 Å². The molecule has 1 aromatic carbocycles. The maximum atomic E-state index is 6.31. The summed E-state index contributed by atoms with van der Waals surface area (Å²) in [4.78, 5) is 0. The molecule has 0 bridgehead atoms. The number of nitrogens with zero attached hydrogens (tertiary/aromatic N) is 1. The first kappa shape index (κ1) is 13.7. The first-order valence-electron chi connectivity index (χ1n) is 6.63. The third kappa shape index (κ3) is 2.04. The number of aromatic nitrogens is 1. The van der Waals surface area contributed by atoms with Crippen LogP contribution in [-0.4, -0.2) is 4.57 Å². The maximum absolute atomic E-state index is 6.31. The van der Waals surface area contributed by atoms with Crippen molar-refractivity contribution in [2.75, 3.05) is 5.73 Å². The van der Waals surface area contributed by atoms with E-state index in [4.69, 9.17) is 11.5 Å². The molecule has 0 aliphatic carbocycles. The smallest absolute Gasteiger partial charge is 0.112 e. The minimum Gasteiger partial charge on any atom is -0.385 e. The van der Waals surface area contributed by atoms with Gasteiger partial charge in [-0.15, -0.1) is 0 Å². The van der Waals surface area contributed by atoms with Crippen molar-refractivity contribution in [3.8, 4) is 5.69 Å². The highest BCUT2D eigenvalue weighted by Crippen LogP contribution is 2.31. The molecule has 0 atom stereocenters. The molecule has 102 valence electrons. The first-order chi connectivity index (χ1) is 8.88. The average Bonchev–Trinajstić information content (AvgIpc) is 2.52. The van der Waals surface area contributed by atoms with E-state index in [1.54, 1.807) is 0 Å². The monoisotopic (exact) mass is 257 g/mol. The second kappa shape index (κ2) is 4.74. The fourth-order valence-corrected chi connectivity index (χ4v) is 2.96. The molecule has 0 saturated heterocycles. The Morgan fingerprint density at radius 3 is 1.95 bits per heavy atom. The molecule has 1 aromatic heterocycles. The van der Waals surface area contributed by atoms with Crippen molar-refractivity contribution in [2.24, 2.45) is 5.73 Å². The summed E-state index contributed by atoms with van der Waals surface area (Å²) in [6.07, 6.45) is 0. The van der Waals surface area contributed by atoms with Crippen molar-refractivity contribution >= 4 is 5.82 Å². The van der Waals surface area contributed by atoms with Crippen LogP contribution >= 0.6 is 0 Å². The molecule has 1 heterocycles. The molecule has 2 aromatic rings. The van der Waals surface area contributed by atoms with Crippen molar-refractivity contribution in [2.45, 2.75) is 41.2 Å². The zero-order valence-electron chi connectivity index (χ0n) is 12.5. The fraction of sp³-hybridized carbons (Fsp3) is 0.375. The average molecular weight is 257 g/mol. The number of benzene rings is 1. The third-order valence-corrected chi connectivity index (χ3v) is 3.94. The van der Waals surface area contributed by atoms with Gasteiger partial charge in [-0.25, -0.2) is 0 Å². The van der Waals surface area contributed by atoms with E-state index < -0.39 is 0 Å². The van der Waals surface area contributed by atoms with E-state index in [-0.39, 0.29) is 0 Å². The second-order valence-electron chi connectivity index (χ2n) is 5.36. The van der Waals surface area contributed by atoms with Gasteiger partial charge < -0.3 is 16.0 Å². The normalized spacial score (nSPS) is 11.1. The lowest BCUT2D eigenvalue weighted by Crippen LogP contribution is -2.08. The number of nitrogen functional groups attached to an aromatic ring is 1. The molecule has 0 amide bonds. The fourth-order valence-electron chi connectivity index (χ4n) is 2.96. The van der Waals surface area contributed by atoms with Crippen molar-refractivity contribution in [3.63, 3.8) is 0 Å². The SMILES string of the molecule is Cc1cc(C)c(-n2c(C)c(C)c(CN)c2N)c(C)c1. The molecule has 0 aliphatic rings. The highest BCUT2D eigenvalue weighted by atomic mass is 15.1. The number of hydrogen-bond acceptors (Lipinski definition) is 2. The second-order valence-corrected chi connectivity index (χ2v) is 5.36. The molecule has 0 fully saturated rings. The summed E-state index contributed by atoms with van der Waals surface area (Å²) in [5.41, 5.74) is 20.5. The lowest BCUT2D eigenvalue weighted by Gasteiger charge is -2.16. The minimum atomic E-state index is 0.482. The van der Waals surface area contributed by atoms with Gasteiger partial charge in [0.05, 0.1) is 5.69 Å². The molecule has 0 unspecified atom stereocenters. The molecule has 0 spiro atoms. The van der Waals surface area contributed by atoms with E-state index >= 15 is 0 Å². The Kier molecular flexibility index (Phi) is 3.42. The molecule has 0 radical (unpaired) electrons. The highest BCUT2D eigenvalue weighted by Gasteiger charge is 2.18. The van der Waals surface area contributed by atoms with Gasteiger partial charge in [-0.2, -0.15) is 0 Å². The Labute approximate surface area is 115 Å². The summed E-state index contributed by atoms with van der Waals surface area (Å²) < 4.78 is 2.14. The molecular formula is C16H23N3. The summed E-state index contributed by atoms with van der Waals surface area (Å²) in [5.74, 6) is 0.771. The number of anilines is 1. The zero-order valence-corrected chi connectivity index (χ0v) is 12.5. The van der Waals surface area contributed by atoms with Crippen molar-refractivity contribution in [3.05, 3.63) is 45.6 Å². The summed E-state index contributed by atoms with van der Waals surface area (Å²) >= 11 is 0. The predicted octanol–water partition coefficient (Wildman–Crippen LogP) is 3.06. The van der Waals surface area contributed by atoms with Gasteiger partial charge in [0.2, 0.25) is 0 Å². The van der Waals surface area contributed by atoms with Gasteiger partial charge in [-0.1, -0.05) is 17.7 Å². The number of rotatable bonds is 2. The topological polar surface area (TPSA) is 57.0 Å². The quantitative estimate of drug-likeness (QED) is 0.868. The highest BCUT2D eigenvalue weighted by molar-refractivity contribution is 5.61. The van der Waals surface area contributed by atoms with E-state index in [0.29, 0.717) is 6.54 Å². The minimum absolute atomic E-state index is 0.482. The third-order valence-electron chi connectivity index (χ3n) is 3.94. The van der Waals surface area contributed by atoms with Crippen LogP contribution in [-0.2, 0) is 6.54 Å². The molecule has 0 saturated carbocycles. The van der Waals surface area contributed by atoms with Gasteiger partial charge in [0.1, 0.15) is 5.82 Å². The molecule has 0 aliphatic heterocycles. The largest absolute Gasteiger partial charge is 0.385 e. The molecular weight excluding hydrogens is 234 g/mol. The standard InChI is InChI=1S/C16H23N3/c1-9-6-10(2)15(11(3)7-9)19-13(5)12(4)14(8-17)16(19)18/h6-7H,8,17-18H2,1-5H3. The molecule has 2 rings (SSSR count). The molecule has 3 heteroatoms. The van der Waals surface area contributed by atoms with Gasteiger partial charge in [0.15, 0.2) is 0 Å². The van der Waals surface area contributed by atoms with Gasteiger partial charge in [-0.3, -0.25) is 0 Å². The van der Waals surface area contributed by atoms with Crippen LogP contribution in [0.25, 0.3) is 5.69 Å².